The molecule has 0 aliphatic heterocycles. The molecule has 4 nitrogen and oxygen atoms in total. The van der Waals surface area contributed by atoms with E-state index in [0.29, 0.717) is 22.9 Å². The molecule has 3 saturated carbocycles. The lowest BCUT2D eigenvalue weighted by molar-refractivity contribution is -0.103. The maximum Gasteiger partial charge on any atom is 0.272 e. The monoisotopic (exact) mass is 531 g/mol. The first kappa shape index (κ1) is 23.4. The van der Waals surface area contributed by atoms with E-state index in [1.54, 1.807) is 0 Å². The minimum Gasteiger partial charge on any atom is -0.350 e. The van der Waals surface area contributed by atoms with Gasteiger partial charge in [0, 0.05) is 34.6 Å². The lowest BCUT2D eigenvalue weighted by Crippen LogP contribution is -2.54. The molecule has 1 aromatic heterocycles. The maximum atomic E-state index is 13.4. The van der Waals surface area contributed by atoms with Gasteiger partial charge < -0.3 is 5.32 Å². The fraction of sp³-hybridized carbons (Fsp3) is 0.630. The highest BCUT2D eigenvalue weighted by Crippen LogP contribution is 2.61. The van der Waals surface area contributed by atoms with Crippen LogP contribution in [0.5, 0.6) is 0 Å². The summed E-state index contributed by atoms with van der Waals surface area (Å²) in [5, 5.41) is 8.19. The number of halogens is 2. The molecule has 3 unspecified atom stereocenters. The number of unbranched alkanes of at least 4 members (excludes halogenated alkanes) is 2. The lowest BCUT2D eigenvalue weighted by atomic mass is 9.45. The molecule has 2 bridgehead atoms. The number of aromatic nitrogens is 2. The number of aryl methyl sites for hydroxylation is 2. The fourth-order valence-corrected chi connectivity index (χ4v) is 7.29. The van der Waals surface area contributed by atoms with E-state index in [-0.39, 0.29) is 5.91 Å². The Morgan fingerprint density at radius 1 is 1.24 bits per heavy atom. The Balaban J connectivity index is 1.37. The molecule has 0 radical (unpaired) electrons. The molecule has 1 heterocycles. The third-order valence-electron chi connectivity index (χ3n) is 8.76. The zero-order chi connectivity index (χ0) is 23.2. The minimum atomic E-state index is 0.00516. The van der Waals surface area contributed by atoms with Crippen LogP contribution >= 0.6 is 27.5 Å². The molecule has 178 valence electrons. The number of carbonyl (C=O) groups excluding carboxylic acids is 1. The molecule has 1 amide bonds. The second kappa shape index (κ2) is 9.37. The lowest BCUT2D eigenvalue weighted by Gasteiger charge is -2.60. The summed E-state index contributed by atoms with van der Waals surface area (Å²) in [7, 11) is 0. The summed E-state index contributed by atoms with van der Waals surface area (Å²) in [5.74, 6) is 2.93. The number of amides is 1. The van der Waals surface area contributed by atoms with Gasteiger partial charge in [-0.1, -0.05) is 42.3 Å². The summed E-state index contributed by atoms with van der Waals surface area (Å²) in [6.45, 7) is 6.43. The van der Waals surface area contributed by atoms with Crippen molar-refractivity contribution in [3.8, 4) is 11.3 Å². The van der Waals surface area contributed by atoms with E-state index in [1.165, 1.54) is 30.4 Å². The van der Waals surface area contributed by atoms with Crippen LogP contribution in [0.4, 0.5) is 0 Å². The van der Waals surface area contributed by atoms with Gasteiger partial charge in [0.15, 0.2) is 5.69 Å². The first-order valence-electron chi connectivity index (χ1n) is 12.6. The Kier molecular flexibility index (Phi) is 6.65. The van der Waals surface area contributed by atoms with Gasteiger partial charge in [-0.3, -0.25) is 9.48 Å². The Bertz CT molecular complexity index is 1040. The first-order valence-corrected chi connectivity index (χ1v) is 14.0. The molecule has 2 aromatic rings. The average molecular weight is 533 g/mol. The number of hydrogen-bond donors (Lipinski definition) is 1. The van der Waals surface area contributed by atoms with Gasteiger partial charge >= 0.3 is 0 Å². The van der Waals surface area contributed by atoms with E-state index in [0.717, 1.165) is 72.8 Å². The number of nitrogens with one attached hydrogen (secondary N) is 1. The second-order valence-corrected chi connectivity index (χ2v) is 12.2. The predicted octanol–water partition coefficient (Wildman–Crippen LogP) is 6.62. The van der Waals surface area contributed by atoms with E-state index >= 15 is 0 Å². The Hall–Kier alpha value is -1.33. The maximum absolute atomic E-state index is 13.4. The molecule has 3 fully saturated rings. The summed E-state index contributed by atoms with van der Waals surface area (Å²) in [6, 6.07) is 6.47. The summed E-state index contributed by atoms with van der Waals surface area (Å²) < 4.78 is 3.19. The molecule has 4 aliphatic rings. The highest BCUT2D eigenvalue weighted by molar-refractivity contribution is 9.10. The van der Waals surface area contributed by atoms with Crippen molar-refractivity contribution in [1.82, 2.24) is 15.1 Å². The van der Waals surface area contributed by atoms with Crippen LogP contribution in [0.2, 0.25) is 0 Å². The van der Waals surface area contributed by atoms with Crippen molar-refractivity contribution in [1.29, 1.82) is 0 Å². The van der Waals surface area contributed by atoms with E-state index in [2.05, 4.69) is 58.0 Å². The quantitative estimate of drug-likeness (QED) is 0.307. The minimum absolute atomic E-state index is 0.00516. The Morgan fingerprint density at radius 3 is 2.85 bits per heavy atom. The van der Waals surface area contributed by atoms with Gasteiger partial charge in [-0.25, -0.2) is 0 Å². The van der Waals surface area contributed by atoms with Gasteiger partial charge in [0.2, 0.25) is 0 Å². The molecule has 0 saturated heterocycles. The molecule has 1 N–H and O–H groups in total. The van der Waals surface area contributed by atoms with Crippen LogP contribution in [-0.2, 0) is 19.4 Å². The zero-order valence-electron chi connectivity index (χ0n) is 19.8. The van der Waals surface area contributed by atoms with Crippen LogP contribution in [-0.4, -0.2) is 28.1 Å². The molecule has 4 aliphatic carbocycles. The van der Waals surface area contributed by atoms with Gasteiger partial charge in [-0.05, 0) is 85.8 Å². The molecule has 3 atom stereocenters. The zero-order valence-corrected chi connectivity index (χ0v) is 22.1. The van der Waals surface area contributed by atoms with E-state index in [4.69, 9.17) is 16.7 Å². The van der Waals surface area contributed by atoms with Gasteiger partial charge in [0.25, 0.3) is 5.91 Å². The molecule has 33 heavy (non-hydrogen) atoms. The van der Waals surface area contributed by atoms with E-state index in [1.807, 2.05) is 0 Å². The summed E-state index contributed by atoms with van der Waals surface area (Å²) in [6.07, 6.45) is 8.82. The summed E-state index contributed by atoms with van der Waals surface area (Å²) in [4.78, 5) is 13.4. The van der Waals surface area contributed by atoms with Crippen molar-refractivity contribution in [3.63, 3.8) is 0 Å². The molecule has 6 rings (SSSR count). The normalized spacial score (nSPS) is 24.5. The van der Waals surface area contributed by atoms with Crippen molar-refractivity contribution >= 4 is 33.4 Å². The third-order valence-corrected chi connectivity index (χ3v) is 9.52. The van der Waals surface area contributed by atoms with E-state index in [9.17, 15) is 4.79 Å². The Labute approximate surface area is 211 Å². The fourth-order valence-electron chi connectivity index (χ4n) is 6.69. The average Bonchev–Trinajstić information content (AvgIpc) is 3.19. The number of fused-ring (bicyclic) bond motifs is 5. The molecule has 0 spiro atoms. The topological polar surface area (TPSA) is 46.9 Å². The molecular formula is C27H35BrClN3O. The standard InChI is InChI=1S/C27H35BrClN3O/c1-27(2)19-8-6-18(23(27)15-19)16-30-26(33)24-22-10-7-17-14-20(28)9-11-21(17)25(22)32(31-24)13-5-3-4-12-29/h9,11,14,18-19,23H,3-8,10,12-13,15-16H2,1-2H3,(H,30,33). The van der Waals surface area contributed by atoms with Gasteiger partial charge in [-0.15, -0.1) is 11.6 Å². The van der Waals surface area contributed by atoms with Crippen molar-refractivity contribution in [2.45, 2.75) is 71.8 Å². The number of benzene rings is 1. The van der Waals surface area contributed by atoms with Crippen molar-refractivity contribution in [2.24, 2.45) is 23.2 Å². The molecular weight excluding hydrogens is 498 g/mol. The predicted molar refractivity (Wildman–Crippen MR) is 138 cm³/mol. The van der Waals surface area contributed by atoms with Crippen molar-refractivity contribution in [2.75, 3.05) is 12.4 Å². The number of carbonyl (C=O) groups is 1. The number of alkyl halides is 1. The number of rotatable bonds is 8. The number of hydrogen-bond acceptors (Lipinski definition) is 2. The van der Waals surface area contributed by atoms with Crippen LogP contribution < -0.4 is 5.32 Å². The third kappa shape index (κ3) is 4.29. The van der Waals surface area contributed by atoms with Gasteiger partial charge in [-0.2, -0.15) is 5.10 Å². The van der Waals surface area contributed by atoms with Gasteiger partial charge in [0.05, 0.1) is 5.69 Å². The van der Waals surface area contributed by atoms with Crippen molar-refractivity contribution in [3.05, 3.63) is 39.5 Å². The SMILES string of the molecule is CC1(C)C2CCC(CNC(=O)c3nn(CCCCCCl)c4c3CCc3cc(Br)ccc3-4)C1C2. The van der Waals surface area contributed by atoms with Crippen LogP contribution in [0.3, 0.4) is 0 Å². The highest BCUT2D eigenvalue weighted by atomic mass is 79.9. The van der Waals surface area contributed by atoms with Crippen LogP contribution in [0.25, 0.3) is 11.3 Å². The van der Waals surface area contributed by atoms with Crippen LogP contribution in [0.15, 0.2) is 22.7 Å². The second-order valence-electron chi connectivity index (χ2n) is 10.9. The highest BCUT2D eigenvalue weighted by Gasteiger charge is 2.54. The Morgan fingerprint density at radius 2 is 2.09 bits per heavy atom. The molecule has 6 heteroatoms. The first-order chi connectivity index (χ1) is 15.9. The summed E-state index contributed by atoms with van der Waals surface area (Å²) in [5.41, 5.74) is 5.88. The van der Waals surface area contributed by atoms with Crippen LogP contribution in [0.1, 0.15) is 74.0 Å². The summed E-state index contributed by atoms with van der Waals surface area (Å²) >= 11 is 9.49. The van der Waals surface area contributed by atoms with Crippen molar-refractivity contribution < 1.29 is 4.79 Å². The smallest absolute Gasteiger partial charge is 0.272 e. The number of nitrogens with zero attached hydrogens (tertiary/aromatic N) is 2. The molecule has 1 aromatic carbocycles. The van der Waals surface area contributed by atoms with Crippen LogP contribution in [0, 0.1) is 23.2 Å². The van der Waals surface area contributed by atoms with E-state index < -0.39 is 0 Å². The van der Waals surface area contributed by atoms with Gasteiger partial charge in [0.1, 0.15) is 0 Å². The largest absolute Gasteiger partial charge is 0.350 e.